The Morgan fingerprint density at radius 1 is 1.07 bits per heavy atom. The minimum atomic E-state index is -0.268. The lowest BCUT2D eigenvalue weighted by atomic mass is 10.1. The molecule has 0 saturated carbocycles. The number of ether oxygens (including phenoxy) is 1. The molecule has 1 aromatic heterocycles. The van der Waals surface area contributed by atoms with Crippen LogP contribution >= 0.6 is 33.9 Å². The van der Waals surface area contributed by atoms with Gasteiger partial charge in [-0.2, -0.15) is 0 Å². The van der Waals surface area contributed by atoms with Gasteiger partial charge in [0.2, 0.25) is 5.91 Å². The minimum absolute atomic E-state index is 0.0824. The van der Waals surface area contributed by atoms with E-state index in [1.165, 1.54) is 18.3 Å². The van der Waals surface area contributed by atoms with Crippen molar-refractivity contribution in [2.75, 3.05) is 17.2 Å². The van der Waals surface area contributed by atoms with Crippen molar-refractivity contribution in [2.45, 2.75) is 6.92 Å². The van der Waals surface area contributed by atoms with E-state index in [1.807, 2.05) is 53.9 Å². The molecule has 0 aliphatic heterocycles. The number of hydrogen-bond acceptors (Lipinski definition) is 5. The number of thiazole rings is 1. The largest absolute Gasteiger partial charge is 0.484 e. The molecule has 3 aromatic rings. The second-order valence-electron chi connectivity index (χ2n) is 5.59. The monoisotopic (exact) mass is 493 g/mol. The van der Waals surface area contributed by atoms with E-state index in [0.29, 0.717) is 10.9 Å². The maximum atomic E-state index is 12.0. The van der Waals surface area contributed by atoms with E-state index in [0.717, 1.165) is 20.5 Å². The molecule has 2 aromatic carbocycles. The third-order valence-electron chi connectivity index (χ3n) is 3.44. The van der Waals surface area contributed by atoms with Gasteiger partial charge in [-0.3, -0.25) is 14.9 Å². The standard InChI is InChI=1S/C19H16IN3O3S/c1-12(24)21-15-6-2-13(3-7-15)17-11-27-19(22-17)23-18(25)10-26-16-8-4-14(20)5-9-16/h2-9,11H,10H2,1H3,(H,21,24)(H,22,23,25). The molecule has 6 nitrogen and oxygen atoms in total. The first-order valence-corrected chi connectivity index (χ1v) is 9.97. The first kappa shape index (κ1) is 19.3. The molecule has 1 heterocycles. The Morgan fingerprint density at radius 2 is 1.78 bits per heavy atom. The van der Waals surface area contributed by atoms with E-state index in [4.69, 9.17) is 4.74 Å². The number of nitrogens with zero attached hydrogens (tertiary/aromatic N) is 1. The maximum Gasteiger partial charge on any atom is 0.264 e. The van der Waals surface area contributed by atoms with Gasteiger partial charge in [-0.1, -0.05) is 12.1 Å². The van der Waals surface area contributed by atoms with Crippen LogP contribution in [0.15, 0.2) is 53.9 Å². The van der Waals surface area contributed by atoms with E-state index in [2.05, 4.69) is 38.2 Å². The zero-order chi connectivity index (χ0) is 19.2. The van der Waals surface area contributed by atoms with Crippen molar-refractivity contribution < 1.29 is 14.3 Å². The summed E-state index contributed by atoms with van der Waals surface area (Å²) in [6, 6.07) is 14.8. The molecule has 0 saturated heterocycles. The number of halogens is 1. The Morgan fingerprint density at radius 3 is 2.44 bits per heavy atom. The Bertz CT molecular complexity index is 940. The maximum absolute atomic E-state index is 12.0. The fraction of sp³-hybridized carbons (Fsp3) is 0.105. The van der Waals surface area contributed by atoms with Gasteiger partial charge in [0.1, 0.15) is 5.75 Å². The number of benzene rings is 2. The highest BCUT2D eigenvalue weighted by molar-refractivity contribution is 14.1. The van der Waals surface area contributed by atoms with Gasteiger partial charge in [0.05, 0.1) is 5.69 Å². The first-order valence-electron chi connectivity index (χ1n) is 8.01. The van der Waals surface area contributed by atoms with Crippen LogP contribution in [0.3, 0.4) is 0 Å². The summed E-state index contributed by atoms with van der Waals surface area (Å²) < 4.78 is 6.56. The number of carbonyl (C=O) groups excluding carboxylic acids is 2. The highest BCUT2D eigenvalue weighted by Gasteiger charge is 2.09. The van der Waals surface area contributed by atoms with Crippen LogP contribution in [0.1, 0.15) is 6.92 Å². The van der Waals surface area contributed by atoms with Crippen molar-refractivity contribution in [1.29, 1.82) is 0 Å². The lowest BCUT2D eigenvalue weighted by molar-refractivity contribution is -0.118. The van der Waals surface area contributed by atoms with E-state index < -0.39 is 0 Å². The van der Waals surface area contributed by atoms with Crippen molar-refractivity contribution in [3.8, 4) is 17.0 Å². The molecule has 0 radical (unpaired) electrons. The van der Waals surface area contributed by atoms with Crippen molar-refractivity contribution in [1.82, 2.24) is 4.98 Å². The van der Waals surface area contributed by atoms with Crippen LogP contribution in [-0.2, 0) is 9.59 Å². The minimum Gasteiger partial charge on any atom is -0.484 e. The number of carbonyl (C=O) groups is 2. The molecule has 2 amide bonds. The van der Waals surface area contributed by atoms with E-state index in [1.54, 1.807) is 0 Å². The van der Waals surface area contributed by atoms with E-state index in [-0.39, 0.29) is 18.4 Å². The zero-order valence-electron chi connectivity index (χ0n) is 14.4. The van der Waals surface area contributed by atoms with Gasteiger partial charge < -0.3 is 10.1 Å². The molecule has 138 valence electrons. The van der Waals surface area contributed by atoms with Gasteiger partial charge in [-0.05, 0) is 59.0 Å². The molecular weight excluding hydrogens is 477 g/mol. The smallest absolute Gasteiger partial charge is 0.264 e. The second kappa shape index (κ2) is 8.96. The molecule has 2 N–H and O–H groups in total. The Kier molecular flexibility index (Phi) is 6.40. The molecule has 0 atom stereocenters. The zero-order valence-corrected chi connectivity index (χ0v) is 17.3. The van der Waals surface area contributed by atoms with Gasteiger partial charge in [-0.15, -0.1) is 11.3 Å². The molecule has 0 bridgehead atoms. The third-order valence-corrected chi connectivity index (χ3v) is 4.91. The quantitative estimate of drug-likeness (QED) is 0.500. The predicted molar refractivity (Wildman–Crippen MR) is 115 cm³/mol. The number of nitrogens with one attached hydrogen (secondary N) is 2. The molecule has 27 heavy (non-hydrogen) atoms. The van der Waals surface area contributed by atoms with Crippen LogP contribution in [-0.4, -0.2) is 23.4 Å². The van der Waals surface area contributed by atoms with Crippen molar-refractivity contribution in [3.05, 3.63) is 57.5 Å². The molecule has 0 unspecified atom stereocenters. The fourth-order valence-electron chi connectivity index (χ4n) is 2.23. The molecular formula is C19H16IN3O3S. The third kappa shape index (κ3) is 5.76. The van der Waals surface area contributed by atoms with Crippen molar-refractivity contribution in [3.63, 3.8) is 0 Å². The summed E-state index contributed by atoms with van der Waals surface area (Å²) in [4.78, 5) is 27.5. The van der Waals surface area contributed by atoms with Crippen LogP contribution in [0.4, 0.5) is 10.8 Å². The summed E-state index contributed by atoms with van der Waals surface area (Å²) in [5.41, 5.74) is 2.38. The number of hydrogen-bond donors (Lipinski definition) is 2. The summed E-state index contributed by atoms with van der Waals surface area (Å²) in [5, 5.41) is 7.82. The highest BCUT2D eigenvalue weighted by Crippen LogP contribution is 2.26. The normalized spacial score (nSPS) is 10.3. The Balaban J connectivity index is 1.56. The molecule has 3 rings (SSSR count). The average molecular weight is 493 g/mol. The summed E-state index contributed by atoms with van der Waals surface area (Å²) >= 11 is 3.55. The Labute approximate surface area is 174 Å². The van der Waals surface area contributed by atoms with Crippen LogP contribution in [0, 0.1) is 3.57 Å². The lowest BCUT2D eigenvalue weighted by Gasteiger charge is -2.05. The number of anilines is 2. The average Bonchev–Trinajstić information content (AvgIpc) is 3.10. The highest BCUT2D eigenvalue weighted by atomic mass is 127. The van der Waals surface area contributed by atoms with Crippen LogP contribution in [0.2, 0.25) is 0 Å². The molecule has 0 fully saturated rings. The van der Waals surface area contributed by atoms with Crippen LogP contribution < -0.4 is 15.4 Å². The SMILES string of the molecule is CC(=O)Nc1ccc(-c2csc(NC(=O)COc3ccc(I)cc3)n2)cc1. The summed E-state index contributed by atoms with van der Waals surface area (Å²) in [6.45, 7) is 1.38. The first-order chi connectivity index (χ1) is 13.0. The number of amides is 2. The number of rotatable bonds is 6. The van der Waals surface area contributed by atoms with Gasteiger partial charge in [-0.25, -0.2) is 4.98 Å². The fourth-order valence-corrected chi connectivity index (χ4v) is 3.32. The summed E-state index contributed by atoms with van der Waals surface area (Å²) in [6.07, 6.45) is 0. The van der Waals surface area contributed by atoms with Crippen molar-refractivity contribution in [2.24, 2.45) is 0 Å². The molecule has 0 spiro atoms. The van der Waals surface area contributed by atoms with E-state index >= 15 is 0 Å². The topological polar surface area (TPSA) is 80.3 Å². The summed E-state index contributed by atoms with van der Waals surface area (Å²) in [7, 11) is 0. The van der Waals surface area contributed by atoms with Gasteiger partial charge >= 0.3 is 0 Å². The van der Waals surface area contributed by atoms with Crippen molar-refractivity contribution >= 4 is 56.6 Å². The number of aromatic nitrogens is 1. The summed E-state index contributed by atoms with van der Waals surface area (Å²) in [5.74, 6) is 0.258. The van der Waals surface area contributed by atoms with Crippen LogP contribution in [0.25, 0.3) is 11.3 Å². The van der Waals surface area contributed by atoms with Gasteiger partial charge in [0.15, 0.2) is 11.7 Å². The molecule has 8 heteroatoms. The molecule has 0 aliphatic carbocycles. The van der Waals surface area contributed by atoms with E-state index in [9.17, 15) is 9.59 Å². The van der Waals surface area contributed by atoms with Crippen LogP contribution in [0.5, 0.6) is 5.75 Å². The molecule has 0 aliphatic rings. The lowest BCUT2D eigenvalue weighted by Crippen LogP contribution is -2.20. The predicted octanol–water partition coefficient (Wildman–Crippen LogP) is 4.39. The second-order valence-corrected chi connectivity index (χ2v) is 7.69. The van der Waals surface area contributed by atoms with Gasteiger partial charge in [0, 0.05) is 27.1 Å². The van der Waals surface area contributed by atoms with Gasteiger partial charge in [0.25, 0.3) is 5.91 Å². The Hall–Kier alpha value is -2.46.